The molecule has 0 aliphatic heterocycles. The Bertz CT molecular complexity index is 505. The van der Waals surface area contributed by atoms with E-state index in [2.05, 4.69) is 67.6 Å². The summed E-state index contributed by atoms with van der Waals surface area (Å²) in [6.45, 7) is 21.9. The Morgan fingerprint density at radius 1 is 1.15 bits per heavy atom. The molecule has 0 amide bonds. The Kier molecular flexibility index (Phi) is 6.90. The molecule has 2 rings (SSSR count). The zero-order valence-electron chi connectivity index (χ0n) is 18.8. The Balaban J connectivity index is 2.33. The second kappa shape index (κ2) is 8.09. The number of rotatable bonds is 4. The van der Waals surface area contributed by atoms with Gasteiger partial charge in [-0.1, -0.05) is 46.3 Å². The van der Waals surface area contributed by atoms with Gasteiger partial charge in [0.2, 0.25) is 0 Å². The highest BCUT2D eigenvalue weighted by molar-refractivity contribution is 6.74. The second-order valence-corrected chi connectivity index (χ2v) is 15.7. The maximum atomic E-state index is 10.8. The maximum Gasteiger partial charge on any atom is 0.191 e. The fraction of sp³-hybridized carbons (Fsp3) is 0.913. The number of hydrogen-bond donors (Lipinski definition) is 1. The van der Waals surface area contributed by atoms with Gasteiger partial charge in [-0.2, -0.15) is 0 Å². The molecule has 0 bridgehead atoms. The van der Waals surface area contributed by atoms with Gasteiger partial charge in [0.1, 0.15) is 0 Å². The van der Waals surface area contributed by atoms with Crippen LogP contribution in [0.25, 0.3) is 0 Å². The molecule has 2 aliphatic carbocycles. The first-order valence-corrected chi connectivity index (χ1v) is 13.8. The molecule has 1 N–H and O–H groups in total. The molecule has 0 aromatic rings. The van der Waals surface area contributed by atoms with Crippen LogP contribution in [0.2, 0.25) is 18.1 Å². The highest BCUT2D eigenvalue weighted by atomic mass is 28.4. The normalized spacial score (nSPS) is 39.6. The Labute approximate surface area is 163 Å². The van der Waals surface area contributed by atoms with Crippen LogP contribution in [0.1, 0.15) is 67.7 Å². The van der Waals surface area contributed by atoms with Crippen molar-refractivity contribution in [3.8, 4) is 0 Å². The molecular formula is C23H44O2Si. The topological polar surface area (TPSA) is 29.5 Å². The summed E-state index contributed by atoms with van der Waals surface area (Å²) in [4.78, 5) is 0. The summed E-state index contributed by atoms with van der Waals surface area (Å²) in [7, 11) is -1.76. The standard InChI is InChI=1S/C23H44O2Si/c1-10-15(2)21-17(4)13-18-20(24)12-11-16(3)22(18)19(21)14-25-26(8,9)23(5,6)7/h10,16-22,24H,11-14H2,1-9H3/t16-,17-,18-,19+,20-,21?,22+/m0/s1. The number of hydrogen-bond acceptors (Lipinski definition) is 2. The zero-order chi connectivity index (χ0) is 19.9. The van der Waals surface area contributed by atoms with Gasteiger partial charge in [-0.05, 0) is 86.7 Å². The van der Waals surface area contributed by atoms with E-state index < -0.39 is 8.32 Å². The van der Waals surface area contributed by atoms with Crippen LogP contribution in [0.3, 0.4) is 0 Å². The molecule has 2 saturated carbocycles. The third kappa shape index (κ3) is 4.30. The highest BCUT2D eigenvalue weighted by Gasteiger charge is 2.50. The molecule has 2 fully saturated rings. The summed E-state index contributed by atoms with van der Waals surface area (Å²) >= 11 is 0. The van der Waals surface area contributed by atoms with Crippen molar-refractivity contribution >= 4 is 8.32 Å². The van der Waals surface area contributed by atoms with Gasteiger partial charge >= 0.3 is 0 Å². The minimum Gasteiger partial charge on any atom is -0.417 e. The average Bonchev–Trinajstić information content (AvgIpc) is 2.54. The second-order valence-electron chi connectivity index (χ2n) is 10.9. The first-order chi connectivity index (χ1) is 11.9. The zero-order valence-corrected chi connectivity index (χ0v) is 19.8. The third-order valence-electron chi connectivity index (χ3n) is 8.20. The van der Waals surface area contributed by atoms with Gasteiger partial charge < -0.3 is 9.53 Å². The highest BCUT2D eigenvalue weighted by Crippen LogP contribution is 2.53. The van der Waals surface area contributed by atoms with Crippen LogP contribution >= 0.6 is 0 Å². The van der Waals surface area contributed by atoms with Crippen LogP contribution in [0, 0.1) is 35.5 Å². The smallest absolute Gasteiger partial charge is 0.191 e. The lowest BCUT2D eigenvalue weighted by Crippen LogP contribution is -2.52. The summed E-state index contributed by atoms with van der Waals surface area (Å²) in [5.74, 6) is 3.51. The number of aliphatic hydroxyl groups is 1. The van der Waals surface area contributed by atoms with Gasteiger partial charge in [0.05, 0.1) is 6.10 Å². The molecule has 152 valence electrons. The molecule has 0 aromatic carbocycles. The third-order valence-corrected chi connectivity index (χ3v) is 12.7. The predicted molar refractivity (Wildman–Crippen MR) is 115 cm³/mol. The first kappa shape index (κ1) is 22.2. The lowest BCUT2D eigenvalue weighted by atomic mass is 9.53. The Morgan fingerprint density at radius 3 is 2.31 bits per heavy atom. The summed E-state index contributed by atoms with van der Waals surface area (Å²) < 4.78 is 6.77. The van der Waals surface area contributed by atoms with Crippen molar-refractivity contribution < 1.29 is 9.53 Å². The fourth-order valence-corrected chi connectivity index (χ4v) is 6.57. The van der Waals surface area contributed by atoms with Gasteiger partial charge in [-0.3, -0.25) is 0 Å². The molecule has 1 unspecified atom stereocenters. The van der Waals surface area contributed by atoms with E-state index >= 15 is 0 Å². The van der Waals surface area contributed by atoms with Gasteiger partial charge in [-0.25, -0.2) is 0 Å². The van der Waals surface area contributed by atoms with Crippen molar-refractivity contribution in [2.45, 2.75) is 92.0 Å². The van der Waals surface area contributed by atoms with Crippen LogP contribution in [0.5, 0.6) is 0 Å². The number of fused-ring (bicyclic) bond motifs is 1. The summed E-state index contributed by atoms with van der Waals surface area (Å²) in [6, 6.07) is 0. The number of aliphatic hydroxyl groups excluding tert-OH is 1. The molecule has 26 heavy (non-hydrogen) atoms. The summed E-state index contributed by atoms with van der Waals surface area (Å²) in [6.07, 6.45) is 5.52. The first-order valence-electron chi connectivity index (χ1n) is 10.9. The summed E-state index contributed by atoms with van der Waals surface area (Å²) in [5, 5.41) is 11.0. The van der Waals surface area contributed by atoms with Crippen molar-refractivity contribution in [1.82, 2.24) is 0 Å². The van der Waals surface area contributed by atoms with E-state index in [0.717, 1.165) is 19.4 Å². The van der Waals surface area contributed by atoms with E-state index in [1.54, 1.807) is 0 Å². The van der Waals surface area contributed by atoms with Gasteiger partial charge in [0, 0.05) is 6.61 Å². The largest absolute Gasteiger partial charge is 0.417 e. The average molecular weight is 381 g/mol. The SMILES string of the molecule is CC=C(C)C1[C@@H](CO[Si](C)(C)C(C)(C)C)[C@H]2[C@@H](C[C@@H]1C)[C@@H](O)CC[C@@H]2C. The van der Waals surface area contributed by atoms with Crippen LogP contribution < -0.4 is 0 Å². The van der Waals surface area contributed by atoms with Gasteiger partial charge in [-0.15, -0.1) is 0 Å². The van der Waals surface area contributed by atoms with Crippen molar-refractivity contribution in [1.29, 1.82) is 0 Å². The van der Waals surface area contributed by atoms with Crippen molar-refractivity contribution in [3.05, 3.63) is 11.6 Å². The Hall–Kier alpha value is -0.123. The van der Waals surface area contributed by atoms with Crippen LogP contribution in [-0.4, -0.2) is 26.1 Å². The fourth-order valence-electron chi connectivity index (χ4n) is 5.52. The van der Waals surface area contributed by atoms with E-state index in [4.69, 9.17) is 4.43 Å². The molecule has 0 spiro atoms. The monoisotopic (exact) mass is 380 g/mol. The van der Waals surface area contributed by atoms with Crippen molar-refractivity contribution in [2.24, 2.45) is 35.5 Å². The summed E-state index contributed by atoms with van der Waals surface area (Å²) in [5.41, 5.74) is 1.52. The van der Waals surface area contributed by atoms with E-state index in [1.165, 1.54) is 12.0 Å². The molecule has 2 nitrogen and oxygen atoms in total. The quantitative estimate of drug-likeness (QED) is 0.460. The van der Waals surface area contributed by atoms with Gasteiger partial charge in [0.25, 0.3) is 0 Å². The van der Waals surface area contributed by atoms with E-state index in [1.807, 2.05) is 0 Å². The predicted octanol–water partition coefficient (Wildman–Crippen LogP) is 6.27. The molecule has 0 aromatic heterocycles. The molecule has 0 radical (unpaired) electrons. The van der Waals surface area contributed by atoms with Crippen molar-refractivity contribution in [2.75, 3.05) is 6.61 Å². The number of allylic oxidation sites excluding steroid dienone is 2. The Morgan fingerprint density at radius 2 is 1.77 bits per heavy atom. The minimum absolute atomic E-state index is 0.110. The van der Waals surface area contributed by atoms with Crippen molar-refractivity contribution in [3.63, 3.8) is 0 Å². The van der Waals surface area contributed by atoms with E-state index in [-0.39, 0.29) is 11.1 Å². The lowest BCUT2D eigenvalue weighted by Gasteiger charge is -2.54. The lowest BCUT2D eigenvalue weighted by molar-refractivity contribution is -0.0849. The van der Waals surface area contributed by atoms with Crippen LogP contribution in [-0.2, 0) is 4.43 Å². The van der Waals surface area contributed by atoms with E-state index in [9.17, 15) is 5.11 Å². The molecule has 0 heterocycles. The molecule has 3 heteroatoms. The van der Waals surface area contributed by atoms with Crippen LogP contribution in [0.4, 0.5) is 0 Å². The molecule has 2 aliphatic rings. The molecule has 0 saturated heterocycles. The molecular weight excluding hydrogens is 336 g/mol. The van der Waals surface area contributed by atoms with Gasteiger partial charge in [0.15, 0.2) is 8.32 Å². The molecule has 7 atom stereocenters. The van der Waals surface area contributed by atoms with E-state index in [0.29, 0.717) is 35.5 Å². The minimum atomic E-state index is -1.76. The van der Waals surface area contributed by atoms with Crippen LogP contribution in [0.15, 0.2) is 11.6 Å². The maximum absolute atomic E-state index is 10.8.